The molecule has 2 aliphatic rings. The summed E-state index contributed by atoms with van der Waals surface area (Å²) in [6.45, 7) is 6.06. The lowest BCUT2D eigenvalue weighted by Gasteiger charge is -2.34. The second-order valence-electron chi connectivity index (χ2n) is 6.59. The Balaban J connectivity index is 2.12. The van der Waals surface area contributed by atoms with Crippen molar-refractivity contribution in [2.45, 2.75) is 71.0 Å². The topological polar surface area (TPSA) is 69.6 Å². The van der Waals surface area contributed by atoms with E-state index >= 15 is 0 Å². The smallest absolute Gasteiger partial charge is 0.326 e. The van der Waals surface area contributed by atoms with E-state index in [9.17, 15) is 14.7 Å². The van der Waals surface area contributed by atoms with Crippen molar-refractivity contribution in [3.63, 3.8) is 0 Å². The van der Waals surface area contributed by atoms with Crippen LogP contribution >= 0.6 is 0 Å². The Bertz CT molecular complexity index is 383. The van der Waals surface area contributed by atoms with E-state index in [-0.39, 0.29) is 18.1 Å². The lowest BCUT2D eigenvalue weighted by molar-refractivity contribution is -0.141. The van der Waals surface area contributed by atoms with Gasteiger partial charge in [0.15, 0.2) is 0 Å². The fourth-order valence-electron chi connectivity index (χ4n) is 3.41. The van der Waals surface area contributed by atoms with E-state index in [1.807, 2.05) is 20.8 Å². The molecule has 2 amide bonds. The summed E-state index contributed by atoms with van der Waals surface area (Å²) >= 11 is 0. The summed E-state index contributed by atoms with van der Waals surface area (Å²) < 4.78 is 0. The lowest BCUT2D eigenvalue weighted by atomic mass is 9.85. The van der Waals surface area contributed by atoms with Crippen LogP contribution in [0.1, 0.15) is 52.9 Å². The van der Waals surface area contributed by atoms with Crippen molar-refractivity contribution in [1.82, 2.24) is 10.2 Å². The average Bonchev–Trinajstić information content (AvgIpc) is 2.77. The second kappa shape index (κ2) is 6.02. The third kappa shape index (κ3) is 2.91. The van der Waals surface area contributed by atoms with E-state index in [1.165, 1.54) is 0 Å². The molecular formula is C15H26N2O3. The minimum absolute atomic E-state index is 0.0552. The first-order chi connectivity index (χ1) is 9.41. The van der Waals surface area contributed by atoms with Crippen molar-refractivity contribution < 1.29 is 14.7 Å². The zero-order chi connectivity index (χ0) is 14.9. The van der Waals surface area contributed by atoms with Gasteiger partial charge in [0, 0.05) is 12.1 Å². The van der Waals surface area contributed by atoms with E-state index in [2.05, 4.69) is 5.32 Å². The van der Waals surface area contributed by atoms with Crippen LogP contribution in [0, 0.1) is 11.8 Å². The number of aliphatic carboxylic acids is 1. The molecule has 4 atom stereocenters. The average molecular weight is 282 g/mol. The highest BCUT2D eigenvalue weighted by atomic mass is 16.4. The SMILES string of the molecule is CC(C)C(C)NC(=O)N1C(C(=O)O)CC2CCCCC21. The van der Waals surface area contributed by atoms with Crippen molar-refractivity contribution in [3.05, 3.63) is 0 Å². The Morgan fingerprint density at radius 2 is 1.85 bits per heavy atom. The van der Waals surface area contributed by atoms with Crippen LogP contribution in [0.4, 0.5) is 4.79 Å². The molecular weight excluding hydrogens is 256 g/mol. The molecule has 5 heteroatoms. The Morgan fingerprint density at radius 3 is 2.45 bits per heavy atom. The van der Waals surface area contributed by atoms with Gasteiger partial charge in [-0.1, -0.05) is 26.7 Å². The van der Waals surface area contributed by atoms with Crippen molar-refractivity contribution in [3.8, 4) is 0 Å². The van der Waals surface area contributed by atoms with E-state index < -0.39 is 12.0 Å². The van der Waals surface area contributed by atoms with Gasteiger partial charge in [0.05, 0.1) is 0 Å². The van der Waals surface area contributed by atoms with Crippen molar-refractivity contribution in [1.29, 1.82) is 0 Å². The molecule has 0 spiro atoms. The van der Waals surface area contributed by atoms with Crippen LogP contribution in [-0.4, -0.2) is 40.1 Å². The minimum atomic E-state index is -0.869. The predicted octanol–water partition coefficient (Wildman–Crippen LogP) is 2.46. The van der Waals surface area contributed by atoms with Crippen molar-refractivity contribution in [2.75, 3.05) is 0 Å². The molecule has 2 N–H and O–H groups in total. The molecule has 0 aromatic carbocycles. The van der Waals surface area contributed by atoms with E-state index in [4.69, 9.17) is 0 Å². The number of carboxylic acids is 1. The van der Waals surface area contributed by atoms with Crippen LogP contribution in [0.2, 0.25) is 0 Å². The van der Waals surface area contributed by atoms with Gasteiger partial charge in [0.25, 0.3) is 0 Å². The second-order valence-corrected chi connectivity index (χ2v) is 6.59. The van der Waals surface area contributed by atoms with Gasteiger partial charge in [0.1, 0.15) is 6.04 Å². The fourth-order valence-corrected chi connectivity index (χ4v) is 3.41. The first kappa shape index (κ1) is 15.1. The first-order valence-electron chi connectivity index (χ1n) is 7.73. The first-order valence-corrected chi connectivity index (χ1v) is 7.73. The number of carboxylic acid groups (broad SMARTS) is 1. The number of hydrogen-bond donors (Lipinski definition) is 2. The molecule has 5 nitrogen and oxygen atoms in total. The third-order valence-electron chi connectivity index (χ3n) is 4.96. The normalized spacial score (nSPS) is 31.0. The van der Waals surface area contributed by atoms with Crippen molar-refractivity contribution >= 4 is 12.0 Å². The highest BCUT2D eigenvalue weighted by Crippen LogP contribution is 2.39. The maximum Gasteiger partial charge on any atom is 0.326 e. The number of likely N-dealkylation sites (tertiary alicyclic amines) is 1. The summed E-state index contributed by atoms with van der Waals surface area (Å²) in [5.41, 5.74) is 0. The summed E-state index contributed by atoms with van der Waals surface area (Å²) in [6, 6.07) is -0.681. The summed E-state index contributed by atoms with van der Waals surface area (Å²) in [4.78, 5) is 25.6. The number of carbonyl (C=O) groups is 2. The largest absolute Gasteiger partial charge is 0.480 e. The number of hydrogen-bond acceptors (Lipinski definition) is 2. The lowest BCUT2D eigenvalue weighted by Crippen LogP contribution is -2.53. The molecule has 2 fully saturated rings. The quantitative estimate of drug-likeness (QED) is 0.835. The van der Waals surface area contributed by atoms with Crippen LogP contribution in [0.25, 0.3) is 0 Å². The van der Waals surface area contributed by atoms with Gasteiger partial charge in [0.2, 0.25) is 0 Å². The molecule has 0 aromatic rings. The molecule has 1 heterocycles. The van der Waals surface area contributed by atoms with E-state index in [0.717, 1.165) is 25.7 Å². The van der Waals surface area contributed by atoms with Crippen LogP contribution < -0.4 is 5.32 Å². The molecule has 0 radical (unpaired) electrons. The van der Waals surface area contributed by atoms with E-state index in [0.29, 0.717) is 18.3 Å². The Hall–Kier alpha value is -1.26. The summed E-state index contributed by atoms with van der Waals surface area (Å²) in [6.07, 6.45) is 4.86. The third-order valence-corrected chi connectivity index (χ3v) is 4.96. The number of carbonyl (C=O) groups excluding carboxylic acids is 1. The van der Waals surface area contributed by atoms with Gasteiger partial charge < -0.3 is 15.3 Å². The molecule has 0 aromatic heterocycles. The van der Waals surface area contributed by atoms with Crippen molar-refractivity contribution in [2.24, 2.45) is 11.8 Å². The highest BCUT2D eigenvalue weighted by molar-refractivity contribution is 5.84. The highest BCUT2D eigenvalue weighted by Gasteiger charge is 2.47. The number of fused-ring (bicyclic) bond motifs is 1. The maximum absolute atomic E-state index is 12.5. The zero-order valence-electron chi connectivity index (χ0n) is 12.6. The molecule has 2 rings (SSSR count). The number of urea groups is 1. The summed E-state index contributed by atoms with van der Waals surface area (Å²) in [5.74, 6) is -0.163. The van der Waals surface area contributed by atoms with Gasteiger partial charge in [-0.2, -0.15) is 0 Å². The van der Waals surface area contributed by atoms with Gasteiger partial charge in [-0.25, -0.2) is 9.59 Å². The number of nitrogens with zero attached hydrogens (tertiary/aromatic N) is 1. The number of nitrogens with one attached hydrogen (secondary N) is 1. The van der Waals surface area contributed by atoms with Crippen LogP contribution in [0.15, 0.2) is 0 Å². The fraction of sp³-hybridized carbons (Fsp3) is 0.867. The van der Waals surface area contributed by atoms with Crippen LogP contribution in [0.3, 0.4) is 0 Å². The summed E-state index contributed by atoms with van der Waals surface area (Å²) in [5, 5.41) is 12.4. The standard InChI is InChI=1S/C15H26N2O3/c1-9(2)10(3)16-15(20)17-12-7-5-4-6-11(12)8-13(17)14(18)19/h9-13H,4-8H2,1-3H3,(H,16,20)(H,18,19). The van der Waals surface area contributed by atoms with Gasteiger partial charge in [-0.05, 0) is 38.0 Å². The van der Waals surface area contributed by atoms with Gasteiger partial charge in [-0.3, -0.25) is 0 Å². The maximum atomic E-state index is 12.5. The summed E-state index contributed by atoms with van der Waals surface area (Å²) in [7, 11) is 0. The van der Waals surface area contributed by atoms with Gasteiger partial charge >= 0.3 is 12.0 Å². The predicted molar refractivity (Wildman–Crippen MR) is 76.5 cm³/mol. The molecule has 1 saturated carbocycles. The van der Waals surface area contributed by atoms with Crippen LogP contribution in [0.5, 0.6) is 0 Å². The molecule has 1 saturated heterocycles. The molecule has 1 aliphatic carbocycles. The molecule has 114 valence electrons. The van der Waals surface area contributed by atoms with Gasteiger partial charge in [-0.15, -0.1) is 0 Å². The zero-order valence-corrected chi connectivity index (χ0v) is 12.6. The molecule has 0 bridgehead atoms. The number of rotatable bonds is 3. The Labute approximate surface area is 120 Å². The molecule has 1 aliphatic heterocycles. The Kier molecular flexibility index (Phi) is 4.55. The Morgan fingerprint density at radius 1 is 1.20 bits per heavy atom. The minimum Gasteiger partial charge on any atom is -0.480 e. The van der Waals surface area contributed by atoms with Crippen LogP contribution in [-0.2, 0) is 4.79 Å². The van der Waals surface area contributed by atoms with E-state index in [1.54, 1.807) is 4.90 Å². The molecule has 20 heavy (non-hydrogen) atoms. The number of amides is 2. The molecule has 4 unspecified atom stereocenters. The monoisotopic (exact) mass is 282 g/mol.